The lowest BCUT2D eigenvalue weighted by molar-refractivity contribution is -0.141. The first kappa shape index (κ1) is 22.6. The zero-order valence-electron chi connectivity index (χ0n) is 17.0. The summed E-state index contributed by atoms with van der Waals surface area (Å²) in [5.41, 5.74) is -2.44. The van der Waals surface area contributed by atoms with E-state index in [1.807, 2.05) is 5.10 Å². The first-order valence-corrected chi connectivity index (χ1v) is 9.49. The third-order valence-corrected chi connectivity index (χ3v) is 4.41. The van der Waals surface area contributed by atoms with Gasteiger partial charge in [0, 0.05) is 6.07 Å². The molecule has 0 saturated heterocycles. The zero-order chi connectivity index (χ0) is 23.1. The van der Waals surface area contributed by atoms with Crippen molar-refractivity contribution in [3.63, 3.8) is 0 Å². The second-order valence-electron chi connectivity index (χ2n) is 7.75. The molecule has 8 nitrogen and oxygen atoms in total. The topological polar surface area (TPSA) is 102 Å². The summed E-state index contributed by atoms with van der Waals surface area (Å²) in [6.07, 6.45) is -5.48. The highest BCUT2D eigenvalue weighted by Gasteiger charge is 2.34. The number of hydrogen-bond donors (Lipinski definition) is 2. The molecule has 0 aliphatic rings. The first-order chi connectivity index (χ1) is 14.3. The molecule has 2 heterocycles. The van der Waals surface area contributed by atoms with Crippen LogP contribution < -0.4 is 10.9 Å². The van der Waals surface area contributed by atoms with Crippen molar-refractivity contribution < 1.29 is 22.7 Å². The number of aromatic nitrogens is 4. The molecule has 0 unspecified atom stereocenters. The van der Waals surface area contributed by atoms with Crippen LogP contribution >= 0.6 is 11.6 Å². The van der Waals surface area contributed by atoms with Gasteiger partial charge in [0.2, 0.25) is 0 Å². The third-order valence-electron chi connectivity index (χ3n) is 4.09. The van der Waals surface area contributed by atoms with E-state index in [0.717, 1.165) is 4.57 Å². The highest BCUT2D eigenvalue weighted by molar-refractivity contribution is 6.35. The molecule has 0 aliphatic heterocycles. The number of nitrogens with one attached hydrogen (secondary N) is 2. The molecule has 0 saturated carbocycles. The Balaban J connectivity index is 2.18. The van der Waals surface area contributed by atoms with Crippen LogP contribution in [0, 0.1) is 0 Å². The summed E-state index contributed by atoms with van der Waals surface area (Å²) in [4.78, 5) is 29.8. The number of carbonyl (C=O) groups excluding carboxylic acids is 1. The number of benzene rings is 1. The SMILES string of the molecule is C[C@H](NC(=O)OC(C)(C)C)c1nc2cccc(Cl)c2c(=O)n1-c1cc(C(F)(F)F)[nH]n1. The minimum atomic E-state index is -4.70. The molecule has 0 radical (unpaired) electrons. The second kappa shape index (κ2) is 7.88. The van der Waals surface area contributed by atoms with Crippen molar-refractivity contribution in [3.8, 4) is 5.82 Å². The van der Waals surface area contributed by atoms with Gasteiger partial charge in [0.1, 0.15) is 17.1 Å². The van der Waals surface area contributed by atoms with Gasteiger partial charge in [0.05, 0.1) is 22.0 Å². The van der Waals surface area contributed by atoms with Crippen LogP contribution in [0.5, 0.6) is 0 Å². The highest BCUT2D eigenvalue weighted by atomic mass is 35.5. The molecule has 1 amide bonds. The van der Waals surface area contributed by atoms with E-state index in [-0.39, 0.29) is 27.6 Å². The average Bonchev–Trinajstić information content (AvgIpc) is 3.09. The van der Waals surface area contributed by atoms with Crippen molar-refractivity contribution in [3.05, 3.63) is 51.2 Å². The number of rotatable bonds is 3. The molecule has 2 N–H and O–H groups in total. The van der Waals surface area contributed by atoms with Crippen molar-refractivity contribution in [2.45, 2.75) is 45.5 Å². The fourth-order valence-electron chi connectivity index (χ4n) is 2.84. The van der Waals surface area contributed by atoms with Gasteiger partial charge in [-0.1, -0.05) is 17.7 Å². The molecule has 3 aromatic rings. The van der Waals surface area contributed by atoms with E-state index in [1.165, 1.54) is 19.1 Å². The maximum atomic E-state index is 13.2. The van der Waals surface area contributed by atoms with E-state index >= 15 is 0 Å². The van der Waals surface area contributed by atoms with Crippen LogP contribution in [0.15, 0.2) is 29.1 Å². The minimum Gasteiger partial charge on any atom is -0.444 e. The quantitative estimate of drug-likeness (QED) is 0.608. The van der Waals surface area contributed by atoms with Crippen molar-refractivity contribution in [2.24, 2.45) is 0 Å². The van der Waals surface area contributed by atoms with Gasteiger partial charge < -0.3 is 10.1 Å². The van der Waals surface area contributed by atoms with Gasteiger partial charge in [-0.3, -0.25) is 9.89 Å². The molecule has 0 bridgehead atoms. The van der Waals surface area contributed by atoms with Crippen LogP contribution in [-0.2, 0) is 10.9 Å². The van der Waals surface area contributed by atoms with Crippen molar-refractivity contribution in [2.75, 3.05) is 0 Å². The Labute approximate surface area is 179 Å². The highest BCUT2D eigenvalue weighted by Crippen LogP contribution is 2.29. The Bertz CT molecular complexity index is 1200. The molecular weight excluding hydrogens is 439 g/mol. The van der Waals surface area contributed by atoms with Gasteiger partial charge in [-0.05, 0) is 39.8 Å². The number of fused-ring (bicyclic) bond motifs is 1. The molecule has 1 atom stereocenters. The summed E-state index contributed by atoms with van der Waals surface area (Å²) >= 11 is 6.14. The van der Waals surface area contributed by atoms with Crippen LogP contribution in [0.1, 0.15) is 45.3 Å². The summed E-state index contributed by atoms with van der Waals surface area (Å²) in [7, 11) is 0. The van der Waals surface area contributed by atoms with Gasteiger partial charge in [0.25, 0.3) is 5.56 Å². The van der Waals surface area contributed by atoms with Crippen LogP contribution in [0.2, 0.25) is 5.02 Å². The van der Waals surface area contributed by atoms with Gasteiger partial charge in [-0.15, -0.1) is 0 Å². The molecule has 166 valence electrons. The standard InChI is InChI=1S/C19H19ClF3N5O3/c1-9(24-17(30)31-18(2,3)4)15-25-11-7-5-6-10(20)14(11)16(29)28(15)13-8-12(26-27-13)19(21,22)23/h5-9H,1-4H3,(H,24,30)(H,26,27)/t9-/m0/s1. The number of alkyl halides is 3. The second-order valence-corrected chi connectivity index (χ2v) is 8.16. The lowest BCUT2D eigenvalue weighted by atomic mass is 10.2. The normalized spacial score (nSPS) is 13.3. The number of hydrogen-bond acceptors (Lipinski definition) is 5. The van der Waals surface area contributed by atoms with Crippen LogP contribution in [0.4, 0.5) is 18.0 Å². The Morgan fingerprint density at radius 3 is 2.55 bits per heavy atom. The molecule has 3 rings (SSSR count). The fraction of sp³-hybridized carbons (Fsp3) is 0.368. The minimum absolute atomic E-state index is 0.00828. The Kier molecular flexibility index (Phi) is 5.74. The lowest BCUT2D eigenvalue weighted by Gasteiger charge is -2.23. The number of alkyl carbamates (subject to hydrolysis) is 1. The smallest absolute Gasteiger partial charge is 0.432 e. The number of halogens is 4. The number of amides is 1. The molecule has 0 aliphatic carbocycles. The van der Waals surface area contributed by atoms with E-state index in [4.69, 9.17) is 16.3 Å². The van der Waals surface area contributed by atoms with Gasteiger partial charge in [0.15, 0.2) is 5.82 Å². The van der Waals surface area contributed by atoms with E-state index in [0.29, 0.717) is 6.07 Å². The van der Waals surface area contributed by atoms with E-state index < -0.39 is 35.2 Å². The van der Waals surface area contributed by atoms with Crippen LogP contribution in [0.3, 0.4) is 0 Å². The molecule has 31 heavy (non-hydrogen) atoms. The van der Waals surface area contributed by atoms with Gasteiger partial charge in [-0.25, -0.2) is 14.3 Å². The molecule has 2 aromatic heterocycles. The fourth-order valence-corrected chi connectivity index (χ4v) is 3.09. The maximum absolute atomic E-state index is 13.2. The average molecular weight is 458 g/mol. The number of ether oxygens (including phenoxy) is 1. The van der Waals surface area contributed by atoms with Crippen molar-refractivity contribution in [1.82, 2.24) is 25.1 Å². The summed E-state index contributed by atoms with van der Waals surface area (Å²) in [5.74, 6) is -0.398. The number of nitrogens with zero attached hydrogens (tertiary/aromatic N) is 3. The van der Waals surface area contributed by atoms with Crippen LogP contribution in [-0.4, -0.2) is 31.4 Å². The van der Waals surface area contributed by atoms with Gasteiger partial charge >= 0.3 is 12.3 Å². The summed E-state index contributed by atoms with van der Waals surface area (Å²) in [6.45, 7) is 6.53. The maximum Gasteiger partial charge on any atom is 0.432 e. The largest absolute Gasteiger partial charge is 0.444 e. The molecular formula is C19H19ClF3N5O3. The molecule has 12 heteroatoms. The number of H-pyrrole nitrogens is 1. The monoisotopic (exact) mass is 457 g/mol. The van der Waals surface area contributed by atoms with Crippen molar-refractivity contribution in [1.29, 1.82) is 0 Å². The summed E-state index contributed by atoms with van der Waals surface area (Å²) in [5, 5.41) is 8.10. The Morgan fingerprint density at radius 1 is 1.29 bits per heavy atom. The van der Waals surface area contributed by atoms with E-state index in [2.05, 4.69) is 15.4 Å². The zero-order valence-corrected chi connectivity index (χ0v) is 17.7. The molecule has 0 fully saturated rings. The lowest BCUT2D eigenvalue weighted by Crippen LogP contribution is -2.37. The summed E-state index contributed by atoms with van der Waals surface area (Å²) < 4.78 is 45.2. The number of carbonyl (C=O) groups is 1. The van der Waals surface area contributed by atoms with E-state index in [1.54, 1.807) is 26.8 Å². The summed E-state index contributed by atoms with van der Waals surface area (Å²) in [6, 6.07) is 4.33. The Morgan fingerprint density at radius 2 is 1.97 bits per heavy atom. The Hall–Kier alpha value is -3.08. The number of aromatic amines is 1. The molecule has 0 spiro atoms. The van der Waals surface area contributed by atoms with Crippen LogP contribution in [0.25, 0.3) is 16.7 Å². The third kappa shape index (κ3) is 4.82. The predicted octanol–water partition coefficient (Wildman–Crippen LogP) is 4.37. The first-order valence-electron chi connectivity index (χ1n) is 9.11. The van der Waals surface area contributed by atoms with E-state index in [9.17, 15) is 22.8 Å². The molecule has 1 aromatic carbocycles. The predicted molar refractivity (Wildman–Crippen MR) is 107 cm³/mol. The van der Waals surface area contributed by atoms with Gasteiger partial charge in [-0.2, -0.15) is 18.3 Å². The van der Waals surface area contributed by atoms with Crippen molar-refractivity contribution >= 4 is 28.6 Å².